The van der Waals surface area contributed by atoms with Gasteiger partial charge in [0.05, 0.1) is 11.9 Å². The molecule has 0 amide bonds. The average Bonchev–Trinajstić information content (AvgIpc) is 2.25. The molecule has 0 aromatic carbocycles. The Balaban J connectivity index is 0. The van der Waals surface area contributed by atoms with E-state index in [0.29, 0.717) is 6.42 Å². The van der Waals surface area contributed by atoms with Gasteiger partial charge in [-0.15, -0.1) is 0 Å². The molecule has 0 aliphatic rings. The highest BCUT2D eigenvalue weighted by molar-refractivity contribution is 5.69. The van der Waals surface area contributed by atoms with Crippen molar-refractivity contribution in [1.82, 2.24) is 0 Å². The normalized spacial score (nSPS) is 13.5. The third-order valence-electron chi connectivity index (χ3n) is 2.35. The molecular formula is C11H24N2O4. The summed E-state index contributed by atoms with van der Waals surface area (Å²) in [6.07, 6.45) is 2.57. The van der Waals surface area contributed by atoms with Gasteiger partial charge in [-0.25, -0.2) is 0 Å². The Kier molecular flexibility index (Phi) is 10.8. The number of aliphatic carboxylic acids is 2. The maximum Gasteiger partial charge on any atom is 0.127 e. The third-order valence-corrected chi connectivity index (χ3v) is 2.35. The van der Waals surface area contributed by atoms with E-state index in [-0.39, 0.29) is 5.92 Å². The molecule has 6 heteroatoms. The minimum absolute atomic E-state index is 0.0694. The van der Waals surface area contributed by atoms with Gasteiger partial charge in [-0.05, 0) is 6.42 Å². The van der Waals surface area contributed by atoms with E-state index in [1.165, 1.54) is 0 Å². The average molecular weight is 248 g/mol. The van der Waals surface area contributed by atoms with Gasteiger partial charge in [0.1, 0.15) is 12.1 Å². The Labute approximate surface area is 102 Å². The molecule has 102 valence electrons. The number of carboxylic acids is 2. The van der Waals surface area contributed by atoms with E-state index in [1.54, 1.807) is 13.8 Å². The van der Waals surface area contributed by atoms with Gasteiger partial charge in [-0.2, -0.15) is 0 Å². The highest BCUT2D eigenvalue weighted by Gasteiger charge is 2.10. The van der Waals surface area contributed by atoms with Crippen LogP contribution in [-0.4, -0.2) is 24.0 Å². The maximum absolute atomic E-state index is 10.0. The van der Waals surface area contributed by atoms with Crippen molar-refractivity contribution in [2.45, 2.75) is 52.1 Å². The highest BCUT2D eigenvalue weighted by atomic mass is 16.4. The van der Waals surface area contributed by atoms with Gasteiger partial charge < -0.3 is 31.3 Å². The summed E-state index contributed by atoms with van der Waals surface area (Å²) in [5, 5.41) is 20.0. The molecule has 0 aromatic rings. The monoisotopic (exact) mass is 248 g/mol. The van der Waals surface area contributed by atoms with Gasteiger partial charge in [-0.1, -0.05) is 27.2 Å². The van der Waals surface area contributed by atoms with Crippen LogP contribution in [0, 0.1) is 5.92 Å². The zero-order valence-corrected chi connectivity index (χ0v) is 10.9. The lowest BCUT2D eigenvalue weighted by atomic mass is 10.1. The topological polar surface area (TPSA) is 136 Å². The largest absolute Gasteiger partial charge is 0.544 e. The molecule has 0 rings (SSSR count). The van der Waals surface area contributed by atoms with Crippen LogP contribution < -0.4 is 21.7 Å². The summed E-state index contributed by atoms with van der Waals surface area (Å²) in [7, 11) is 0. The zero-order valence-electron chi connectivity index (χ0n) is 10.9. The molecule has 0 aliphatic heterocycles. The van der Waals surface area contributed by atoms with Gasteiger partial charge in [0.15, 0.2) is 0 Å². The molecule has 0 aliphatic carbocycles. The summed E-state index contributed by atoms with van der Waals surface area (Å²) in [5.74, 6) is -2.04. The smallest absolute Gasteiger partial charge is 0.127 e. The second-order valence-electron chi connectivity index (χ2n) is 4.33. The van der Waals surface area contributed by atoms with Crippen molar-refractivity contribution >= 4 is 11.9 Å². The SMILES string of the molecule is CC(C)[C@H]([NH3+])C(=O)[O-].CCCC[C@@H]([NH3+])C(=O)[O-]. The van der Waals surface area contributed by atoms with Crippen LogP contribution in [0.15, 0.2) is 0 Å². The number of rotatable bonds is 6. The third kappa shape index (κ3) is 11.1. The molecule has 17 heavy (non-hydrogen) atoms. The summed E-state index contributed by atoms with van der Waals surface area (Å²) in [4.78, 5) is 20.0. The number of hydrogen-bond donors (Lipinski definition) is 2. The van der Waals surface area contributed by atoms with E-state index in [2.05, 4.69) is 11.5 Å². The Bertz CT molecular complexity index is 232. The Morgan fingerprint density at radius 2 is 1.59 bits per heavy atom. The lowest BCUT2D eigenvalue weighted by molar-refractivity contribution is -0.446. The first-order valence-corrected chi connectivity index (χ1v) is 5.81. The number of unbranched alkanes of at least 4 members (excludes halogenated alkanes) is 1. The highest BCUT2D eigenvalue weighted by Crippen LogP contribution is 1.94. The molecule has 0 heterocycles. The summed E-state index contributed by atoms with van der Waals surface area (Å²) in [5.41, 5.74) is 6.79. The number of carbonyl (C=O) groups excluding carboxylic acids is 2. The predicted octanol–water partition coefficient (Wildman–Crippen LogP) is -3.46. The van der Waals surface area contributed by atoms with Crippen molar-refractivity contribution in [1.29, 1.82) is 0 Å². The van der Waals surface area contributed by atoms with Crippen molar-refractivity contribution in [3.8, 4) is 0 Å². The summed E-state index contributed by atoms with van der Waals surface area (Å²) in [6, 6.07) is -1.10. The molecule has 0 bridgehead atoms. The van der Waals surface area contributed by atoms with Crippen molar-refractivity contribution < 1.29 is 31.3 Å². The van der Waals surface area contributed by atoms with Gasteiger partial charge in [0.25, 0.3) is 0 Å². The van der Waals surface area contributed by atoms with E-state index in [9.17, 15) is 19.8 Å². The minimum Gasteiger partial charge on any atom is -0.544 e. The van der Waals surface area contributed by atoms with Gasteiger partial charge in [0.2, 0.25) is 0 Å². The van der Waals surface area contributed by atoms with Crippen molar-refractivity contribution in [2.24, 2.45) is 5.92 Å². The van der Waals surface area contributed by atoms with Gasteiger partial charge in [0, 0.05) is 12.3 Å². The molecule has 0 radical (unpaired) electrons. The van der Waals surface area contributed by atoms with E-state index in [4.69, 9.17) is 0 Å². The molecule has 0 fully saturated rings. The van der Waals surface area contributed by atoms with Crippen LogP contribution in [0.5, 0.6) is 0 Å². The Morgan fingerprint density at radius 3 is 1.76 bits per heavy atom. The molecule has 0 spiro atoms. The molecule has 0 saturated carbocycles. The van der Waals surface area contributed by atoms with Crippen LogP contribution in [0.4, 0.5) is 0 Å². The molecule has 6 N–H and O–H groups in total. The maximum atomic E-state index is 10.0. The molecule has 6 nitrogen and oxygen atoms in total. The van der Waals surface area contributed by atoms with Crippen LogP contribution in [-0.2, 0) is 9.59 Å². The second kappa shape index (κ2) is 10.0. The molecule has 0 saturated heterocycles. The lowest BCUT2D eigenvalue weighted by Gasteiger charge is -2.11. The first-order chi connectivity index (χ1) is 7.73. The second-order valence-corrected chi connectivity index (χ2v) is 4.33. The van der Waals surface area contributed by atoms with Gasteiger partial charge >= 0.3 is 0 Å². The quantitative estimate of drug-likeness (QED) is 0.505. The van der Waals surface area contributed by atoms with Crippen LogP contribution in [0.1, 0.15) is 40.0 Å². The molecule has 0 aromatic heterocycles. The van der Waals surface area contributed by atoms with E-state index in [0.717, 1.165) is 12.8 Å². The Hall–Kier alpha value is -1.14. The fraction of sp³-hybridized carbons (Fsp3) is 0.818. The minimum atomic E-state index is -1.07. The number of quaternary nitrogens is 2. The number of hydrogen-bond acceptors (Lipinski definition) is 4. The fourth-order valence-electron chi connectivity index (χ4n) is 0.841. The van der Waals surface area contributed by atoms with Crippen LogP contribution in [0.3, 0.4) is 0 Å². The van der Waals surface area contributed by atoms with E-state index < -0.39 is 24.0 Å². The Morgan fingerprint density at radius 1 is 1.12 bits per heavy atom. The molecular weight excluding hydrogens is 224 g/mol. The van der Waals surface area contributed by atoms with Crippen molar-refractivity contribution in [3.05, 3.63) is 0 Å². The first-order valence-electron chi connectivity index (χ1n) is 5.81. The lowest BCUT2D eigenvalue weighted by Crippen LogP contribution is -2.70. The standard InChI is InChI=1S/C6H13NO2.C5H11NO2/c1-2-3-4-5(7)6(8)9;1-3(2)4(6)5(7)8/h5H,2-4,7H2,1H3,(H,8,9);3-4H,6H2,1-2H3,(H,7,8)/t5-;4-/m10/s1. The first kappa shape index (κ1) is 18.2. The van der Waals surface area contributed by atoms with Crippen LogP contribution >= 0.6 is 0 Å². The molecule has 0 unspecified atom stereocenters. The summed E-state index contributed by atoms with van der Waals surface area (Å²) in [6.45, 7) is 5.61. The predicted molar refractivity (Wildman–Crippen MR) is 57.7 cm³/mol. The summed E-state index contributed by atoms with van der Waals surface area (Å²) >= 11 is 0. The van der Waals surface area contributed by atoms with E-state index in [1.807, 2.05) is 6.92 Å². The fourth-order valence-corrected chi connectivity index (χ4v) is 0.841. The zero-order chi connectivity index (χ0) is 14.0. The van der Waals surface area contributed by atoms with E-state index >= 15 is 0 Å². The van der Waals surface area contributed by atoms with Crippen molar-refractivity contribution in [2.75, 3.05) is 0 Å². The van der Waals surface area contributed by atoms with Crippen LogP contribution in [0.2, 0.25) is 0 Å². The molecule has 2 atom stereocenters. The van der Waals surface area contributed by atoms with Crippen LogP contribution in [0.25, 0.3) is 0 Å². The summed E-state index contributed by atoms with van der Waals surface area (Å²) < 4.78 is 0. The number of carbonyl (C=O) groups is 2. The van der Waals surface area contributed by atoms with Gasteiger partial charge in [-0.3, -0.25) is 0 Å². The number of carboxylic acid groups (broad SMARTS) is 2. The van der Waals surface area contributed by atoms with Crippen molar-refractivity contribution in [3.63, 3.8) is 0 Å².